The summed E-state index contributed by atoms with van der Waals surface area (Å²) in [4.78, 5) is 8.69. The second-order valence-corrected chi connectivity index (χ2v) is 16.1. The van der Waals surface area contributed by atoms with Crippen molar-refractivity contribution in [2.24, 2.45) is 34.6 Å². The first-order valence-electron chi connectivity index (χ1n) is 16.9. The third-order valence-corrected chi connectivity index (χ3v) is 9.30. The summed E-state index contributed by atoms with van der Waals surface area (Å²) < 4.78 is 37.7. The molecule has 0 aliphatic carbocycles. The van der Waals surface area contributed by atoms with Crippen LogP contribution in [0.4, 0.5) is 43.3 Å². The summed E-state index contributed by atoms with van der Waals surface area (Å²) in [6.45, 7) is 17.4. The molecular weight excluding hydrogens is 737 g/mol. The molecule has 0 aliphatic rings. The van der Waals surface area contributed by atoms with Crippen molar-refractivity contribution in [3.8, 4) is 0 Å². The lowest BCUT2D eigenvalue weighted by Gasteiger charge is -2.29. The Hall–Kier alpha value is -4.17. The molecule has 0 aliphatic heterocycles. The summed E-state index contributed by atoms with van der Waals surface area (Å²) in [5.41, 5.74) is 3.95. The summed E-state index contributed by atoms with van der Waals surface area (Å²) in [7, 11) is 6.72. The largest absolute Gasteiger partial charge is 0.759 e. The molecule has 0 saturated heterocycles. The average molecular weight is 791 g/mol. The number of benzene rings is 2. The lowest BCUT2D eigenvalue weighted by atomic mass is 10.2. The second kappa shape index (κ2) is 20.3. The predicted octanol–water partition coefficient (Wildman–Crippen LogP) is 6.81. The summed E-state index contributed by atoms with van der Waals surface area (Å²) in [6, 6.07) is 17.6. The second-order valence-electron chi connectivity index (χ2n) is 13.4. The molecule has 0 spiro atoms. The summed E-state index contributed by atoms with van der Waals surface area (Å²) >= 11 is 3.12. The zero-order chi connectivity index (χ0) is 40.2. The van der Waals surface area contributed by atoms with Gasteiger partial charge in [0, 0.05) is 74.1 Å². The van der Waals surface area contributed by atoms with Gasteiger partial charge in [-0.25, -0.2) is 0 Å². The van der Waals surface area contributed by atoms with E-state index in [9.17, 15) is 0 Å². The first kappa shape index (κ1) is 45.0. The molecule has 2 aromatic carbocycles. The number of nitrogens with zero attached hydrogens (tertiary/aromatic N) is 12. The van der Waals surface area contributed by atoms with Gasteiger partial charge in [-0.15, -0.1) is 9.36 Å². The normalized spacial score (nSPS) is 11.7. The Balaban J connectivity index is 0.000000325. The SMILES string of the molecule is CC(C)N(c1n[n+](C)c(N=Nc2ccc(N(C)C)cc2)s1)C(C)C.CC(C)N(c1n[n+](C)c(N=Nc2ccc(N(C)C)cc2)s1)C(C)C.O=S(=O)([O-])[O-]. The third kappa shape index (κ3) is 15.0. The molecule has 0 bridgehead atoms. The fraction of sp³-hybridized carbons (Fsp3) is 0.529. The Labute approximate surface area is 322 Å². The number of azo groups is 2. The number of anilines is 4. The molecule has 0 fully saturated rings. The van der Waals surface area contributed by atoms with Crippen LogP contribution in [0.1, 0.15) is 55.4 Å². The minimum atomic E-state index is -5.17. The highest BCUT2D eigenvalue weighted by Crippen LogP contribution is 2.31. The molecule has 0 radical (unpaired) electrons. The highest BCUT2D eigenvalue weighted by atomic mass is 32.3. The summed E-state index contributed by atoms with van der Waals surface area (Å²) in [5, 5.41) is 30.1. The maximum atomic E-state index is 8.52. The highest BCUT2D eigenvalue weighted by molar-refractivity contribution is 7.79. The van der Waals surface area contributed by atoms with Gasteiger partial charge in [0.15, 0.2) is 0 Å². The Morgan fingerprint density at radius 1 is 0.566 bits per heavy atom. The molecular formula is C34H54N12O4S3. The molecule has 0 amide bonds. The van der Waals surface area contributed by atoms with Gasteiger partial charge in [-0.2, -0.15) is 0 Å². The molecule has 2 heterocycles. The highest BCUT2D eigenvalue weighted by Gasteiger charge is 2.25. The molecule has 0 atom stereocenters. The van der Waals surface area contributed by atoms with Crippen molar-refractivity contribution in [1.82, 2.24) is 10.2 Å². The number of rotatable bonds is 12. The van der Waals surface area contributed by atoms with Gasteiger partial charge >= 0.3 is 10.3 Å². The number of hydrogen-bond acceptors (Lipinski definition) is 16. The lowest BCUT2D eigenvalue weighted by molar-refractivity contribution is -0.712. The van der Waals surface area contributed by atoms with Gasteiger partial charge in [0.2, 0.25) is 10.3 Å². The molecule has 16 nitrogen and oxygen atoms in total. The minimum Gasteiger partial charge on any atom is -0.759 e. The van der Waals surface area contributed by atoms with Gasteiger partial charge in [-0.1, -0.05) is 10.2 Å². The van der Waals surface area contributed by atoms with E-state index in [0.717, 1.165) is 43.3 Å². The zero-order valence-electron chi connectivity index (χ0n) is 33.2. The van der Waals surface area contributed by atoms with E-state index in [4.69, 9.17) is 17.5 Å². The van der Waals surface area contributed by atoms with Gasteiger partial charge in [0.25, 0.3) is 0 Å². The molecule has 4 rings (SSSR count). The van der Waals surface area contributed by atoms with Crippen molar-refractivity contribution in [2.75, 3.05) is 47.8 Å². The van der Waals surface area contributed by atoms with Crippen LogP contribution in [0.3, 0.4) is 0 Å². The first-order valence-corrected chi connectivity index (χ1v) is 19.9. The molecule has 0 unspecified atom stereocenters. The maximum absolute atomic E-state index is 8.52. The van der Waals surface area contributed by atoms with E-state index in [1.165, 1.54) is 0 Å². The number of hydrogen-bond donors (Lipinski definition) is 0. The lowest BCUT2D eigenvalue weighted by Crippen LogP contribution is -2.39. The molecule has 4 aromatic rings. The molecule has 53 heavy (non-hydrogen) atoms. The van der Waals surface area contributed by atoms with Crippen LogP contribution in [-0.2, 0) is 24.5 Å². The fourth-order valence-corrected chi connectivity index (χ4v) is 7.19. The third-order valence-electron chi connectivity index (χ3n) is 7.29. The topological polar surface area (TPSA) is 176 Å². The Bertz CT molecular complexity index is 1730. The van der Waals surface area contributed by atoms with Crippen molar-refractivity contribution in [2.45, 2.75) is 79.6 Å². The Morgan fingerprint density at radius 3 is 1.06 bits per heavy atom. The molecule has 0 N–H and O–H groups in total. The van der Waals surface area contributed by atoms with Crippen LogP contribution in [0.2, 0.25) is 0 Å². The standard InChI is InChI=1S/2C17H27N6S.H2O4S/c2*1-12(2)23(13(3)4)17-20-22(7)16(24-17)19-18-14-8-10-15(11-9-14)21(5)6;1-5(2,3)4/h2*8-13H,1-7H3;(H2,1,2,3,4)/q2*+1;/p-2. The fourth-order valence-electron chi connectivity index (χ4n) is 4.97. The van der Waals surface area contributed by atoms with Crippen LogP contribution in [0, 0.1) is 0 Å². The van der Waals surface area contributed by atoms with Crippen molar-refractivity contribution < 1.29 is 26.9 Å². The van der Waals surface area contributed by atoms with E-state index >= 15 is 0 Å². The minimum absolute atomic E-state index is 0.388. The Morgan fingerprint density at radius 2 is 0.830 bits per heavy atom. The average Bonchev–Trinajstić information content (AvgIpc) is 3.58. The van der Waals surface area contributed by atoms with Crippen molar-refractivity contribution in [3.63, 3.8) is 0 Å². The predicted molar refractivity (Wildman–Crippen MR) is 212 cm³/mol. The molecule has 0 saturated carbocycles. The van der Waals surface area contributed by atoms with E-state index < -0.39 is 10.4 Å². The van der Waals surface area contributed by atoms with Gasteiger partial charge in [-0.05, 0) is 137 Å². The van der Waals surface area contributed by atoms with Crippen molar-refractivity contribution in [1.29, 1.82) is 0 Å². The van der Waals surface area contributed by atoms with E-state index in [2.05, 4.69) is 106 Å². The quantitative estimate of drug-likeness (QED) is 0.0642. The van der Waals surface area contributed by atoms with E-state index in [1.807, 2.05) is 90.8 Å². The van der Waals surface area contributed by atoms with Gasteiger partial charge in [0.05, 0.1) is 10.2 Å². The smallest absolute Gasteiger partial charge is 0.431 e. The zero-order valence-corrected chi connectivity index (χ0v) is 35.6. The van der Waals surface area contributed by atoms with Gasteiger partial charge < -0.3 is 28.7 Å². The summed E-state index contributed by atoms with van der Waals surface area (Å²) in [5.74, 6) is 0. The van der Waals surface area contributed by atoms with E-state index in [1.54, 1.807) is 32.0 Å². The molecule has 2 aromatic heterocycles. The number of aryl methyl sites for hydroxylation is 2. The van der Waals surface area contributed by atoms with Crippen LogP contribution in [0.15, 0.2) is 69.0 Å². The molecule has 19 heteroatoms. The number of aromatic nitrogens is 4. The maximum Gasteiger partial charge on any atom is 0.431 e. The van der Waals surface area contributed by atoms with Crippen molar-refractivity contribution in [3.05, 3.63) is 48.5 Å². The van der Waals surface area contributed by atoms with Gasteiger partial charge in [-0.3, -0.25) is 8.42 Å². The van der Waals surface area contributed by atoms with Gasteiger partial charge in [0.1, 0.15) is 25.5 Å². The van der Waals surface area contributed by atoms with E-state index in [0.29, 0.717) is 24.2 Å². The van der Waals surface area contributed by atoms with Crippen molar-refractivity contribution >= 4 is 76.3 Å². The molecule has 292 valence electrons. The first-order chi connectivity index (χ1) is 24.6. The van der Waals surface area contributed by atoms with Crippen LogP contribution >= 0.6 is 22.7 Å². The van der Waals surface area contributed by atoms with Crippen LogP contribution in [-0.4, -0.2) is 80.1 Å². The van der Waals surface area contributed by atoms with Crippen LogP contribution < -0.4 is 29.0 Å². The van der Waals surface area contributed by atoms with Crippen LogP contribution in [0.25, 0.3) is 0 Å². The monoisotopic (exact) mass is 790 g/mol. The van der Waals surface area contributed by atoms with E-state index in [-0.39, 0.29) is 0 Å². The Kier molecular flexibility index (Phi) is 17.3. The summed E-state index contributed by atoms with van der Waals surface area (Å²) in [6.07, 6.45) is 0. The van der Waals surface area contributed by atoms with Crippen LogP contribution in [0.5, 0.6) is 0 Å².